The Morgan fingerprint density at radius 3 is 2.09 bits per heavy atom. The Balaban J connectivity index is 1.40. The van der Waals surface area contributed by atoms with E-state index in [1.165, 1.54) is 37.5 Å². The van der Waals surface area contributed by atoms with Gasteiger partial charge in [-0.15, -0.1) is 0 Å². The van der Waals surface area contributed by atoms with Gasteiger partial charge in [0.15, 0.2) is 23.9 Å². The van der Waals surface area contributed by atoms with Crippen LogP contribution in [0.2, 0.25) is 0 Å². The van der Waals surface area contributed by atoms with Crippen molar-refractivity contribution in [3.8, 4) is 28.7 Å². The summed E-state index contributed by atoms with van der Waals surface area (Å²) in [4.78, 5) is 0. The summed E-state index contributed by atoms with van der Waals surface area (Å²) in [5.74, 6) is -0.723. The summed E-state index contributed by atoms with van der Waals surface area (Å²) in [6.07, 6.45) is -16.1. The molecule has 0 aromatic heterocycles. The number of hydrogen-bond donors (Lipinski definition) is 10. The largest absolute Gasteiger partial charge is 0.508 e. The highest BCUT2D eigenvalue weighted by Gasteiger charge is 2.48. The van der Waals surface area contributed by atoms with Crippen molar-refractivity contribution in [1.82, 2.24) is 0 Å². The van der Waals surface area contributed by atoms with Crippen molar-refractivity contribution in [3.05, 3.63) is 47.2 Å². The van der Waals surface area contributed by atoms with E-state index in [1.54, 1.807) is 0 Å². The Kier molecular flexibility index (Phi) is 9.38. The van der Waals surface area contributed by atoms with Crippen LogP contribution in [0.15, 0.2) is 36.1 Å². The molecule has 0 aliphatic carbocycles. The number of phenols is 3. The fourth-order valence-corrected chi connectivity index (χ4v) is 5.11. The van der Waals surface area contributed by atoms with Crippen LogP contribution in [0.3, 0.4) is 0 Å². The van der Waals surface area contributed by atoms with Gasteiger partial charge in [0, 0.05) is 17.7 Å². The summed E-state index contributed by atoms with van der Waals surface area (Å²) in [7, 11) is 1.34. The number of rotatable bonds is 8. The molecule has 16 nitrogen and oxygen atoms in total. The van der Waals surface area contributed by atoms with Crippen molar-refractivity contribution in [3.63, 3.8) is 0 Å². The molecule has 0 radical (unpaired) electrons. The van der Waals surface area contributed by atoms with Gasteiger partial charge in [0.2, 0.25) is 6.29 Å². The summed E-state index contributed by atoms with van der Waals surface area (Å²) < 4.78 is 33.6. The predicted octanol–water partition coefficient (Wildman–Crippen LogP) is -2.07. The molecule has 2 aromatic rings. The number of benzene rings is 2. The van der Waals surface area contributed by atoms with Crippen LogP contribution in [0, 0.1) is 0 Å². The van der Waals surface area contributed by atoms with Crippen molar-refractivity contribution in [1.29, 1.82) is 0 Å². The molecule has 2 saturated heterocycles. The average Bonchev–Trinajstić information content (AvgIpc) is 3.00. The van der Waals surface area contributed by atoms with E-state index in [9.17, 15) is 51.1 Å². The van der Waals surface area contributed by atoms with E-state index in [-0.39, 0.29) is 40.1 Å². The maximum atomic E-state index is 10.7. The number of aliphatic hydroxyl groups excluding tert-OH is 7. The monoisotopic (exact) mass is 626 g/mol. The quantitative estimate of drug-likeness (QED) is 0.151. The Morgan fingerprint density at radius 2 is 1.41 bits per heavy atom. The third kappa shape index (κ3) is 6.09. The second-order valence-electron chi connectivity index (χ2n) is 10.5. The first kappa shape index (κ1) is 32.0. The Morgan fingerprint density at radius 1 is 0.750 bits per heavy atom. The van der Waals surface area contributed by atoms with Gasteiger partial charge in [-0.3, -0.25) is 0 Å². The summed E-state index contributed by atoms with van der Waals surface area (Å²) in [5, 5.41) is 102. The van der Waals surface area contributed by atoms with Gasteiger partial charge in [-0.2, -0.15) is 0 Å². The molecule has 16 heteroatoms. The molecule has 10 N–H and O–H groups in total. The smallest absolute Gasteiger partial charge is 0.228 e. The minimum Gasteiger partial charge on any atom is -0.508 e. The van der Waals surface area contributed by atoms with Crippen LogP contribution >= 0.6 is 0 Å². The van der Waals surface area contributed by atoms with Crippen molar-refractivity contribution < 1.29 is 79.5 Å². The molecule has 3 aliphatic rings. The van der Waals surface area contributed by atoms with E-state index in [1.807, 2.05) is 0 Å². The standard InChI is InChI=1S/C28H34O16/c1-39-16-4-10(2-3-13(16)31)26-17(7-12-14(32)5-11(30)6-15(12)41-26)42-28-25(38)23(36)21(34)19(44-28)9-40-27-24(37)22(35)20(33)18(8-29)43-27/h2-7,18-38H,8-9H2,1H3/t18-,19-,20-,21-,22+,23+,24-,25-,26?,27-,28-/m1/s1. The first-order valence-corrected chi connectivity index (χ1v) is 13.5. The molecule has 44 heavy (non-hydrogen) atoms. The predicted molar refractivity (Wildman–Crippen MR) is 143 cm³/mol. The number of hydrogen-bond acceptors (Lipinski definition) is 16. The SMILES string of the molecule is COc1cc(C2Oc3cc(O)cc(O)c3C=C2O[C@@H]2O[C@H](CO[C@@H]3O[C@H](CO)[C@@H](O)[C@H](O)[C@H]3O)[C@@H](O)[C@H](O)[C@H]2O)ccc1O. The zero-order chi connectivity index (χ0) is 31.9. The Bertz CT molecular complexity index is 1350. The maximum absolute atomic E-state index is 10.7. The maximum Gasteiger partial charge on any atom is 0.228 e. The molecule has 1 unspecified atom stereocenters. The molecule has 0 spiro atoms. The number of ether oxygens (including phenoxy) is 6. The van der Waals surface area contributed by atoms with Crippen LogP contribution in [0.1, 0.15) is 17.2 Å². The zero-order valence-corrected chi connectivity index (χ0v) is 23.2. The third-order valence-electron chi connectivity index (χ3n) is 7.60. The number of aromatic hydroxyl groups is 3. The third-order valence-corrected chi connectivity index (χ3v) is 7.60. The van der Waals surface area contributed by atoms with Gasteiger partial charge in [-0.25, -0.2) is 0 Å². The molecule has 2 aromatic carbocycles. The normalized spacial score (nSPS) is 35.3. The van der Waals surface area contributed by atoms with Crippen LogP contribution in [0.4, 0.5) is 0 Å². The van der Waals surface area contributed by atoms with Gasteiger partial charge in [0.05, 0.1) is 25.9 Å². The fourth-order valence-electron chi connectivity index (χ4n) is 5.11. The van der Waals surface area contributed by atoms with Gasteiger partial charge < -0.3 is 79.5 Å². The number of methoxy groups -OCH3 is 1. The second-order valence-corrected chi connectivity index (χ2v) is 10.5. The van der Waals surface area contributed by atoms with Crippen LogP contribution < -0.4 is 9.47 Å². The van der Waals surface area contributed by atoms with Gasteiger partial charge in [0.1, 0.15) is 71.8 Å². The molecule has 242 valence electrons. The first-order chi connectivity index (χ1) is 20.9. The summed E-state index contributed by atoms with van der Waals surface area (Å²) >= 11 is 0. The van der Waals surface area contributed by atoms with E-state index in [0.717, 1.165) is 6.07 Å². The van der Waals surface area contributed by atoms with E-state index in [4.69, 9.17) is 28.4 Å². The Hall–Kier alpha value is -3.42. The molecule has 2 fully saturated rings. The summed E-state index contributed by atoms with van der Waals surface area (Å²) in [5.41, 5.74) is 0.473. The average molecular weight is 627 g/mol. The van der Waals surface area contributed by atoms with Crippen molar-refractivity contribution in [2.24, 2.45) is 0 Å². The number of phenolic OH excluding ortho intramolecular Hbond substituents is 3. The fraction of sp³-hybridized carbons (Fsp3) is 0.500. The van der Waals surface area contributed by atoms with E-state index in [2.05, 4.69) is 0 Å². The lowest BCUT2D eigenvalue weighted by molar-refractivity contribution is -0.328. The Labute approximate surface area is 249 Å². The zero-order valence-electron chi connectivity index (χ0n) is 23.2. The van der Waals surface area contributed by atoms with E-state index < -0.39 is 80.7 Å². The molecule has 0 amide bonds. The van der Waals surface area contributed by atoms with Gasteiger partial charge in [-0.05, 0) is 18.2 Å². The van der Waals surface area contributed by atoms with Crippen LogP contribution in [-0.4, -0.2) is 133 Å². The molecule has 3 heterocycles. The molecule has 3 aliphatic heterocycles. The first-order valence-electron chi connectivity index (χ1n) is 13.5. The van der Waals surface area contributed by atoms with Crippen LogP contribution in [0.25, 0.3) is 6.08 Å². The highest BCUT2D eigenvalue weighted by Crippen LogP contribution is 2.45. The topological polar surface area (TPSA) is 258 Å². The van der Waals surface area contributed by atoms with E-state index >= 15 is 0 Å². The van der Waals surface area contributed by atoms with Crippen LogP contribution in [-0.2, 0) is 18.9 Å². The minimum absolute atomic E-state index is 0.0625. The van der Waals surface area contributed by atoms with Gasteiger partial charge >= 0.3 is 0 Å². The lowest BCUT2D eigenvalue weighted by Crippen LogP contribution is -2.61. The summed E-state index contributed by atoms with van der Waals surface area (Å²) in [6, 6.07) is 6.59. The van der Waals surface area contributed by atoms with Gasteiger partial charge in [-0.1, -0.05) is 6.07 Å². The van der Waals surface area contributed by atoms with Crippen molar-refractivity contribution in [2.45, 2.75) is 67.5 Å². The highest BCUT2D eigenvalue weighted by atomic mass is 16.7. The lowest BCUT2D eigenvalue weighted by Gasteiger charge is -2.43. The molecule has 0 bridgehead atoms. The van der Waals surface area contributed by atoms with Gasteiger partial charge in [0.25, 0.3) is 0 Å². The molecular formula is C28H34O16. The molecule has 5 rings (SSSR count). The van der Waals surface area contributed by atoms with Crippen molar-refractivity contribution in [2.75, 3.05) is 20.3 Å². The summed E-state index contributed by atoms with van der Waals surface area (Å²) in [6.45, 7) is -1.28. The second kappa shape index (κ2) is 12.9. The lowest BCUT2D eigenvalue weighted by atomic mass is 9.98. The number of aliphatic hydroxyl groups is 7. The molecular weight excluding hydrogens is 592 g/mol. The van der Waals surface area contributed by atoms with Crippen LogP contribution in [0.5, 0.6) is 28.7 Å². The minimum atomic E-state index is -1.83. The number of fused-ring (bicyclic) bond motifs is 1. The highest BCUT2D eigenvalue weighted by molar-refractivity contribution is 5.69. The van der Waals surface area contributed by atoms with Crippen molar-refractivity contribution >= 4 is 6.08 Å². The van der Waals surface area contributed by atoms with E-state index in [0.29, 0.717) is 5.56 Å². The molecule has 11 atom stereocenters. The molecule has 0 saturated carbocycles.